The number of nitrogens with zero attached hydrogens (tertiary/aromatic N) is 3. The van der Waals surface area contributed by atoms with E-state index in [1.165, 1.54) is 0 Å². The molecular weight excluding hydrogens is 440 g/mol. The molecule has 1 aromatic rings. The number of amides is 4. The number of benzene rings is 1. The van der Waals surface area contributed by atoms with Crippen molar-refractivity contribution in [2.75, 3.05) is 37.6 Å². The lowest BCUT2D eigenvalue weighted by molar-refractivity contribution is -0.156. The highest BCUT2D eigenvalue weighted by Crippen LogP contribution is 2.24. The Kier molecular flexibility index (Phi) is 7.71. The summed E-state index contributed by atoms with van der Waals surface area (Å²) >= 11 is 0. The number of nitrogens with one attached hydrogen (secondary N) is 1. The van der Waals surface area contributed by atoms with Crippen LogP contribution in [0, 0.1) is 6.92 Å². The predicted molar refractivity (Wildman–Crippen MR) is 124 cm³/mol. The number of aryl methyl sites for hydroxylation is 1. The van der Waals surface area contributed by atoms with Crippen LogP contribution < -0.4 is 10.2 Å². The third-order valence-corrected chi connectivity index (χ3v) is 5.86. The summed E-state index contributed by atoms with van der Waals surface area (Å²) in [6.45, 7) is 10.1. The molecule has 0 aromatic heterocycles. The van der Waals surface area contributed by atoms with Gasteiger partial charge in [0.15, 0.2) is 0 Å². The molecule has 0 aliphatic carbocycles. The van der Waals surface area contributed by atoms with Crippen LogP contribution in [-0.4, -0.2) is 84.3 Å². The molecule has 0 radical (unpaired) electrons. The van der Waals surface area contributed by atoms with Crippen LogP contribution in [0.2, 0.25) is 0 Å². The van der Waals surface area contributed by atoms with Crippen molar-refractivity contribution in [3.05, 3.63) is 29.3 Å². The molecule has 0 spiro atoms. The van der Waals surface area contributed by atoms with Gasteiger partial charge in [0.25, 0.3) is 5.91 Å². The summed E-state index contributed by atoms with van der Waals surface area (Å²) in [5, 5.41) is 2.18. The maximum absolute atomic E-state index is 13.2. The van der Waals surface area contributed by atoms with Gasteiger partial charge in [-0.1, -0.05) is 6.07 Å². The number of hydrogen-bond donors (Lipinski definition) is 1. The van der Waals surface area contributed by atoms with Gasteiger partial charge in [-0.05, 0) is 51.8 Å². The van der Waals surface area contributed by atoms with E-state index >= 15 is 0 Å². The van der Waals surface area contributed by atoms with Crippen LogP contribution in [0.1, 0.15) is 49.5 Å². The van der Waals surface area contributed by atoms with Crippen molar-refractivity contribution in [3.63, 3.8) is 0 Å². The highest BCUT2D eigenvalue weighted by Gasteiger charge is 2.35. The minimum atomic E-state index is -1.01. The van der Waals surface area contributed by atoms with Crippen LogP contribution >= 0.6 is 0 Å². The van der Waals surface area contributed by atoms with E-state index in [-0.39, 0.29) is 25.4 Å². The summed E-state index contributed by atoms with van der Waals surface area (Å²) in [4.78, 5) is 65.7. The lowest BCUT2D eigenvalue weighted by Crippen LogP contribution is -2.54. The Hall–Kier alpha value is -3.27. The van der Waals surface area contributed by atoms with Crippen molar-refractivity contribution in [1.82, 2.24) is 15.1 Å². The number of anilines is 1. The second kappa shape index (κ2) is 10.3. The van der Waals surface area contributed by atoms with Crippen molar-refractivity contribution in [2.45, 2.75) is 52.2 Å². The smallest absolute Gasteiger partial charge is 0.320 e. The van der Waals surface area contributed by atoms with Gasteiger partial charge in [-0.3, -0.25) is 39.1 Å². The maximum Gasteiger partial charge on any atom is 0.320 e. The number of carbonyl (C=O) groups excluding carboxylic acids is 5. The van der Waals surface area contributed by atoms with Gasteiger partial charge in [-0.25, -0.2) is 0 Å². The monoisotopic (exact) mass is 472 g/mol. The molecule has 0 saturated carbocycles. The molecule has 1 N–H and O–H groups in total. The van der Waals surface area contributed by atoms with Crippen LogP contribution in [0.4, 0.5) is 5.69 Å². The van der Waals surface area contributed by atoms with Crippen LogP contribution in [-0.2, 0) is 23.9 Å². The Morgan fingerprint density at radius 3 is 2.44 bits per heavy atom. The first-order valence-electron chi connectivity index (χ1n) is 11.4. The Morgan fingerprint density at radius 1 is 1.18 bits per heavy atom. The Bertz CT molecular complexity index is 978. The number of esters is 1. The molecule has 1 unspecified atom stereocenters. The normalized spacial score (nSPS) is 19.4. The van der Waals surface area contributed by atoms with Crippen LogP contribution in [0.25, 0.3) is 0 Å². The molecule has 2 fully saturated rings. The SMILES string of the molecule is Cc1ccc(N2CCN(CC(=O)OC(C)(C)C)CC2)cc1C(=O)N(C=O)C1CCC(=O)NC1=O. The first-order chi connectivity index (χ1) is 16.0. The van der Waals surface area contributed by atoms with Gasteiger partial charge < -0.3 is 9.64 Å². The fourth-order valence-corrected chi connectivity index (χ4v) is 4.11. The van der Waals surface area contributed by atoms with E-state index in [0.29, 0.717) is 43.7 Å². The third-order valence-electron chi connectivity index (χ3n) is 5.86. The highest BCUT2D eigenvalue weighted by molar-refractivity contribution is 6.07. The largest absolute Gasteiger partial charge is 0.459 e. The van der Waals surface area contributed by atoms with Gasteiger partial charge in [0.05, 0.1) is 6.54 Å². The number of hydrogen-bond acceptors (Lipinski definition) is 8. The molecule has 4 amide bonds. The van der Waals surface area contributed by atoms with Crippen LogP contribution in [0.5, 0.6) is 0 Å². The van der Waals surface area contributed by atoms with E-state index in [9.17, 15) is 24.0 Å². The fourth-order valence-electron chi connectivity index (χ4n) is 4.11. The van der Waals surface area contributed by atoms with E-state index in [1.807, 2.05) is 37.8 Å². The molecule has 2 aliphatic rings. The highest BCUT2D eigenvalue weighted by atomic mass is 16.6. The first kappa shape index (κ1) is 25.4. The zero-order chi connectivity index (χ0) is 25.0. The molecule has 2 saturated heterocycles. The molecule has 10 nitrogen and oxygen atoms in total. The number of imide groups is 2. The summed E-state index contributed by atoms with van der Waals surface area (Å²) in [6, 6.07) is 4.43. The molecule has 10 heteroatoms. The molecular formula is C24H32N4O6. The van der Waals surface area contributed by atoms with Crippen molar-refractivity contribution in [3.8, 4) is 0 Å². The second-order valence-corrected chi connectivity index (χ2v) is 9.63. The average Bonchev–Trinajstić information content (AvgIpc) is 2.75. The minimum absolute atomic E-state index is 0.0701. The van der Waals surface area contributed by atoms with E-state index < -0.39 is 29.4 Å². The van der Waals surface area contributed by atoms with E-state index in [0.717, 1.165) is 10.6 Å². The summed E-state index contributed by atoms with van der Waals surface area (Å²) in [6.07, 6.45) is 0.526. The summed E-state index contributed by atoms with van der Waals surface area (Å²) in [5.41, 5.74) is 1.30. The predicted octanol–water partition coefficient (Wildman–Crippen LogP) is 0.863. The zero-order valence-corrected chi connectivity index (χ0v) is 20.1. The zero-order valence-electron chi connectivity index (χ0n) is 20.1. The first-order valence-corrected chi connectivity index (χ1v) is 11.4. The molecule has 3 rings (SSSR count). The average molecular weight is 473 g/mol. The van der Waals surface area contributed by atoms with Gasteiger partial charge >= 0.3 is 5.97 Å². The lowest BCUT2D eigenvalue weighted by Gasteiger charge is -2.36. The number of piperazine rings is 1. The van der Waals surface area contributed by atoms with Crippen molar-refractivity contribution in [2.24, 2.45) is 0 Å². The Morgan fingerprint density at radius 2 is 1.85 bits per heavy atom. The van der Waals surface area contributed by atoms with Crippen LogP contribution in [0.3, 0.4) is 0 Å². The van der Waals surface area contributed by atoms with Crippen molar-refractivity contribution < 1.29 is 28.7 Å². The molecule has 1 aromatic carbocycles. The molecule has 1 atom stereocenters. The quantitative estimate of drug-likeness (QED) is 0.368. The van der Waals surface area contributed by atoms with Crippen molar-refractivity contribution >= 4 is 35.8 Å². The number of carbonyl (C=O) groups is 5. The van der Waals surface area contributed by atoms with Gasteiger partial charge in [-0.15, -0.1) is 0 Å². The van der Waals surface area contributed by atoms with E-state index in [1.54, 1.807) is 13.0 Å². The van der Waals surface area contributed by atoms with Crippen molar-refractivity contribution in [1.29, 1.82) is 0 Å². The molecule has 0 bridgehead atoms. The molecule has 34 heavy (non-hydrogen) atoms. The number of ether oxygens (including phenoxy) is 1. The number of rotatable bonds is 6. The molecule has 184 valence electrons. The topological polar surface area (TPSA) is 116 Å². The number of piperidine rings is 1. The maximum atomic E-state index is 13.2. The van der Waals surface area contributed by atoms with E-state index in [4.69, 9.17) is 4.74 Å². The molecule has 2 aliphatic heterocycles. The minimum Gasteiger partial charge on any atom is -0.459 e. The van der Waals surface area contributed by atoms with Gasteiger partial charge in [-0.2, -0.15) is 0 Å². The van der Waals surface area contributed by atoms with Gasteiger partial charge in [0, 0.05) is 43.9 Å². The van der Waals surface area contributed by atoms with Crippen LogP contribution in [0.15, 0.2) is 18.2 Å². The summed E-state index contributed by atoms with van der Waals surface area (Å²) in [5.74, 6) is -1.89. The van der Waals surface area contributed by atoms with E-state index in [2.05, 4.69) is 10.2 Å². The Labute approximate surface area is 199 Å². The lowest BCUT2D eigenvalue weighted by atomic mass is 10.0. The molecule has 2 heterocycles. The van der Waals surface area contributed by atoms with Gasteiger partial charge in [0.2, 0.25) is 18.2 Å². The Balaban J connectivity index is 1.67. The third kappa shape index (κ3) is 6.19. The summed E-state index contributed by atoms with van der Waals surface area (Å²) < 4.78 is 5.39. The van der Waals surface area contributed by atoms with Gasteiger partial charge in [0.1, 0.15) is 11.6 Å². The standard InChI is InChI=1S/C24H32N4O6/c1-16-5-6-17(27-11-9-26(10-12-27)14-21(31)34-24(2,3)4)13-18(16)23(33)28(15-29)19-7-8-20(30)25-22(19)32/h5-6,13,15,19H,7-12,14H2,1-4H3,(H,25,30,32). The second-order valence-electron chi connectivity index (χ2n) is 9.63. The fraction of sp³-hybridized carbons (Fsp3) is 0.542. The summed E-state index contributed by atoms with van der Waals surface area (Å²) in [7, 11) is 0.